The number of pyridine rings is 1. The van der Waals surface area contributed by atoms with Gasteiger partial charge in [0.15, 0.2) is 0 Å². The molecular weight excluding hydrogens is 318 g/mol. The van der Waals surface area contributed by atoms with E-state index in [1.165, 1.54) is 10.5 Å². The largest absolute Gasteiger partial charge is 0.345 e. The summed E-state index contributed by atoms with van der Waals surface area (Å²) in [6.45, 7) is 2.84. The maximum absolute atomic E-state index is 12.8. The summed E-state index contributed by atoms with van der Waals surface area (Å²) in [5.74, 6) is -0.154. The second-order valence-electron chi connectivity index (χ2n) is 5.57. The quantitative estimate of drug-likeness (QED) is 0.801. The van der Waals surface area contributed by atoms with Crippen LogP contribution in [0.5, 0.6) is 0 Å². The molecule has 9 heteroatoms. The van der Waals surface area contributed by atoms with Crippen molar-refractivity contribution in [1.29, 1.82) is 0 Å². The Bertz CT molecular complexity index is 822. The van der Waals surface area contributed by atoms with Gasteiger partial charge in [0, 0.05) is 44.0 Å². The molecule has 0 spiro atoms. The molecule has 2 aromatic heterocycles. The minimum atomic E-state index is -3.62. The first-order valence-electron chi connectivity index (χ1n) is 7.38. The highest BCUT2D eigenvalue weighted by atomic mass is 32.2. The highest BCUT2D eigenvalue weighted by molar-refractivity contribution is 7.89. The SMILES string of the molecule is C[C@H](N)C(=O)N1CCN(S(=O)(=O)c2c[nH]c3ncccc23)CC1. The van der Waals surface area contributed by atoms with Crippen molar-refractivity contribution in [1.82, 2.24) is 19.2 Å². The summed E-state index contributed by atoms with van der Waals surface area (Å²) in [4.78, 5) is 20.7. The monoisotopic (exact) mass is 337 g/mol. The molecule has 1 aliphatic rings. The fraction of sp³-hybridized carbons (Fsp3) is 0.429. The highest BCUT2D eigenvalue weighted by Gasteiger charge is 2.32. The molecule has 8 nitrogen and oxygen atoms in total. The van der Waals surface area contributed by atoms with Crippen molar-refractivity contribution in [2.45, 2.75) is 17.9 Å². The van der Waals surface area contributed by atoms with Crippen LogP contribution >= 0.6 is 0 Å². The summed E-state index contributed by atoms with van der Waals surface area (Å²) in [7, 11) is -3.62. The maximum atomic E-state index is 12.8. The molecule has 0 aliphatic carbocycles. The van der Waals surface area contributed by atoms with Gasteiger partial charge in [-0.05, 0) is 19.1 Å². The molecule has 0 radical (unpaired) electrons. The lowest BCUT2D eigenvalue weighted by molar-refractivity contribution is -0.133. The lowest BCUT2D eigenvalue weighted by atomic mass is 10.2. The number of aromatic nitrogens is 2. The number of piperazine rings is 1. The van der Waals surface area contributed by atoms with Crippen LogP contribution in [-0.4, -0.2) is 65.7 Å². The normalized spacial score (nSPS) is 18.3. The number of sulfonamides is 1. The van der Waals surface area contributed by atoms with Gasteiger partial charge in [-0.25, -0.2) is 13.4 Å². The van der Waals surface area contributed by atoms with E-state index < -0.39 is 16.1 Å². The van der Waals surface area contributed by atoms with Crippen molar-refractivity contribution >= 4 is 27.0 Å². The molecule has 2 aromatic rings. The number of hydrogen-bond acceptors (Lipinski definition) is 5. The Balaban J connectivity index is 1.81. The Morgan fingerprint density at radius 3 is 2.70 bits per heavy atom. The van der Waals surface area contributed by atoms with Gasteiger partial charge in [0.25, 0.3) is 0 Å². The molecule has 0 aromatic carbocycles. The first kappa shape index (κ1) is 15.9. The Hall–Kier alpha value is -1.97. The Morgan fingerprint density at radius 1 is 1.35 bits per heavy atom. The topological polar surface area (TPSA) is 112 Å². The lowest BCUT2D eigenvalue weighted by Crippen LogP contribution is -2.53. The number of H-pyrrole nitrogens is 1. The van der Waals surface area contributed by atoms with E-state index in [2.05, 4.69) is 9.97 Å². The minimum Gasteiger partial charge on any atom is -0.345 e. The molecule has 1 fully saturated rings. The molecule has 23 heavy (non-hydrogen) atoms. The Labute approximate surface area is 134 Å². The smallest absolute Gasteiger partial charge is 0.245 e. The number of fused-ring (bicyclic) bond motifs is 1. The molecule has 3 heterocycles. The van der Waals surface area contributed by atoms with Gasteiger partial charge in [-0.3, -0.25) is 4.79 Å². The van der Waals surface area contributed by atoms with E-state index in [4.69, 9.17) is 5.73 Å². The molecule has 1 atom stereocenters. The fourth-order valence-corrected chi connectivity index (χ4v) is 4.29. The number of carbonyl (C=O) groups is 1. The number of nitrogens with two attached hydrogens (primary N) is 1. The molecule has 3 rings (SSSR count). The summed E-state index contributed by atoms with van der Waals surface area (Å²) in [6.07, 6.45) is 3.07. The summed E-state index contributed by atoms with van der Waals surface area (Å²) in [5, 5.41) is 0.571. The van der Waals surface area contributed by atoms with Crippen LogP contribution in [0, 0.1) is 0 Å². The summed E-state index contributed by atoms with van der Waals surface area (Å²) in [5.41, 5.74) is 6.13. The van der Waals surface area contributed by atoms with Crippen LogP contribution in [0.2, 0.25) is 0 Å². The van der Waals surface area contributed by atoms with Gasteiger partial charge >= 0.3 is 0 Å². The van der Waals surface area contributed by atoms with E-state index in [0.29, 0.717) is 24.1 Å². The lowest BCUT2D eigenvalue weighted by Gasteiger charge is -2.34. The predicted molar refractivity (Wildman–Crippen MR) is 85.1 cm³/mol. The van der Waals surface area contributed by atoms with Crippen LogP contribution in [-0.2, 0) is 14.8 Å². The van der Waals surface area contributed by atoms with Gasteiger partial charge in [0.05, 0.1) is 6.04 Å². The van der Waals surface area contributed by atoms with Gasteiger partial charge in [0.2, 0.25) is 15.9 Å². The number of nitrogens with one attached hydrogen (secondary N) is 1. The van der Waals surface area contributed by atoms with Crippen LogP contribution in [0.1, 0.15) is 6.92 Å². The molecule has 3 N–H and O–H groups in total. The molecule has 0 saturated carbocycles. The predicted octanol–water partition coefficient (Wildman–Crippen LogP) is -0.257. The molecule has 1 aliphatic heterocycles. The van der Waals surface area contributed by atoms with E-state index in [1.807, 2.05) is 0 Å². The molecule has 1 amide bonds. The van der Waals surface area contributed by atoms with Gasteiger partial charge < -0.3 is 15.6 Å². The zero-order valence-electron chi connectivity index (χ0n) is 12.8. The van der Waals surface area contributed by atoms with Crippen molar-refractivity contribution in [2.75, 3.05) is 26.2 Å². The second-order valence-corrected chi connectivity index (χ2v) is 7.48. The van der Waals surface area contributed by atoms with Crippen LogP contribution in [0.15, 0.2) is 29.4 Å². The van der Waals surface area contributed by atoms with Crippen LogP contribution in [0.25, 0.3) is 11.0 Å². The zero-order valence-corrected chi connectivity index (χ0v) is 13.6. The minimum absolute atomic E-state index is 0.154. The van der Waals surface area contributed by atoms with Gasteiger partial charge in [-0.15, -0.1) is 0 Å². The van der Waals surface area contributed by atoms with E-state index in [0.717, 1.165) is 0 Å². The van der Waals surface area contributed by atoms with Gasteiger partial charge in [0.1, 0.15) is 10.5 Å². The van der Waals surface area contributed by atoms with Crippen molar-refractivity contribution < 1.29 is 13.2 Å². The number of hydrogen-bond donors (Lipinski definition) is 2. The molecular formula is C14H19N5O3S. The number of aromatic amines is 1. The number of amides is 1. The van der Waals surface area contributed by atoms with Gasteiger partial charge in [-0.1, -0.05) is 0 Å². The first-order chi connectivity index (χ1) is 10.9. The fourth-order valence-electron chi connectivity index (χ4n) is 2.72. The van der Waals surface area contributed by atoms with E-state index >= 15 is 0 Å². The number of carbonyl (C=O) groups excluding carboxylic acids is 1. The molecule has 0 unspecified atom stereocenters. The van der Waals surface area contributed by atoms with Gasteiger partial charge in [-0.2, -0.15) is 4.31 Å². The molecule has 1 saturated heterocycles. The zero-order chi connectivity index (χ0) is 16.6. The van der Waals surface area contributed by atoms with Crippen molar-refractivity contribution in [2.24, 2.45) is 5.73 Å². The Morgan fingerprint density at radius 2 is 2.04 bits per heavy atom. The maximum Gasteiger partial charge on any atom is 0.245 e. The van der Waals surface area contributed by atoms with Crippen molar-refractivity contribution in [3.05, 3.63) is 24.5 Å². The van der Waals surface area contributed by atoms with E-state index in [-0.39, 0.29) is 23.9 Å². The molecule has 0 bridgehead atoms. The third-order valence-electron chi connectivity index (χ3n) is 3.97. The number of rotatable bonds is 3. The second kappa shape index (κ2) is 5.91. The van der Waals surface area contributed by atoms with Crippen LogP contribution < -0.4 is 5.73 Å². The first-order valence-corrected chi connectivity index (χ1v) is 8.82. The van der Waals surface area contributed by atoms with E-state index in [9.17, 15) is 13.2 Å². The van der Waals surface area contributed by atoms with Crippen molar-refractivity contribution in [3.8, 4) is 0 Å². The number of nitrogens with zero attached hydrogens (tertiary/aromatic N) is 3. The van der Waals surface area contributed by atoms with E-state index in [1.54, 1.807) is 30.2 Å². The summed E-state index contributed by atoms with van der Waals surface area (Å²) >= 11 is 0. The average Bonchev–Trinajstić information content (AvgIpc) is 2.99. The van der Waals surface area contributed by atoms with Crippen LogP contribution in [0.3, 0.4) is 0 Å². The van der Waals surface area contributed by atoms with Crippen LogP contribution in [0.4, 0.5) is 0 Å². The highest BCUT2D eigenvalue weighted by Crippen LogP contribution is 2.25. The summed E-state index contributed by atoms with van der Waals surface area (Å²) in [6, 6.07) is 2.86. The Kier molecular flexibility index (Phi) is 4.09. The van der Waals surface area contributed by atoms with Crippen molar-refractivity contribution in [3.63, 3.8) is 0 Å². The third-order valence-corrected chi connectivity index (χ3v) is 5.91. The molecule has 124 valence electrons. The summed E-state index contributed by atoms with van der Waals surface area (Å²) < 4.78 is 27.0. The standard InChI is InChI=1S/C14H19N5O3S/c1-10(15)14(20)18-5-7-19(8-6-18)23(21,22)12-9-17-13-11(12)3-2-4-16-13/h2-4,9-10H,5-8,15H2,1H3,(H,16,17)/t10-/m0/s1. The third kappa shape index (κ3) is 2.82. The average molecular weight is 337 g/mol.